The first-order valence-corrected chi connectivity index (χ1v) is 7.30. The van der Waals surface area contributed by atoms with Gasteiger partial charge in [0.15, 0.2) is 0 Å². The summed E-state index contributed by atoms with van der Waals surface area (Å²) in [5, 5.41) is 10.8. The quantitative estimate of drug-likeness (QED) is 0.585. The largest absolute Gasteiger partial charge is 0.497 e. The Kier molecular flexibility index (Phi) is 2.94. The summed E-state index contributed by atoms with van der Waals surface area (Å²) in [4.78, 5) is 14.4. The minimum Gasteiger partial charge on any atom is -0.497 e. The fourth-order valence-corrected chi connectivity index (χ4v) is 2.96. The average Bonchev–Trinajstić information content (AvgIpc) is 2.91. The lowest BCUT2D eigenvalue weighted by Crippen LogP contribution is -2.30. The summed E-state index contributed by atoms with van der Waals surface area (Å²) >= 11 is 0. The van der Waals surface area contributed by atoms with Crippen molar-refractivity contribution in [2.24, 2.45) is 0 Å². The number of amides is 1. The molecule has 0 saturated heterocycles. The summed E-state index contributed by atoms with van der Waals surface area (Å²) in [6.07, 6.45) is 1.57. The molecule has 0 spiro atoms. The van der Waals surface area contributed by atoms with Crippen LogP contribution in [0.1, 0.15) is 15.9 Å². The number of hydrogen-bond donors (Lipinski definition) is 1. The molecule has 0 aliphatic carbocycles. The number of anilines is 1. The monoisotopic (exact) mass is 307 g/mol. The van der Waals surface area contributed by atoms with Crippen molar-refractivity contribution in [3.05, 3.63) is 65.9 Å². The van der Waals surface area contributed by atoms with Gasteiger partial charge >= 0.3 is 0 Å². The maximum absolute atomic E-state index is 12.7. The van der Waals surface area contributed by atoms with Crippen LogP contribution in [-0.2, 0) is 6.54 Å². The van der Waals surface area contributed by atoms with Crippen LogP contribution >= 0.6 is 0 Å². The third-order valence-corrected chi connectivity index (χ3v) is 4.20. The van der Waals surface area contributed by atoms with Gasteiger partial charge in [-0.3, -0.25) is 10.0 Å². The van der Waals surface area contributed by atoms with Crippen molar-refractivity contribution in [3.63, 3.8) is 0 Å². The molecule has 0 saturated carbocycles. The third-order valence-electron chi connectivity index (χ3n) is 4.20. The van der Waals surface area contributed by atoms with E-state index in [0.717, 1.165) is 21.4 Å². The van der Waals surface area contributed by atoms with Crippen LogP contribution in [0.4, 0.5) is 5.69 Å². The molecule has 1 aliphatic heterocycles. The number of methoxy groups -OCH3 is 1. The Bertz CT molecular complexity index is 937. The summed E-state index contributed by atoms with van der Waals surface area (Å²) in [5.74, 6) is 0.615. The molecule has 4 rings (SSSR count). The van der Waals surface area contributed by atoms with E-state index in [2.05, 4.69) is 0 Å². The van der Waals surface area contributed by atoms with Crippen LogP contribution in [0.25, 0.3) is 10.9 Å². The molecule has 2 aromatic carbocycles. The lowest BCUT2D eigenvalue weighted by molar-refractivity contribution is -0.884. The molecule has 5 nitrogen and oxygen atoms in total. The van der Waals surface area contributed by atoms with Crippen LogP contribution in [-0.4, -0.2) is 18.2 Å². The molecule has 0 bridgehead atoms. The van der Waals surface area contributed by atoms with E-state index in [1.807, 2.05) is 36.4 Å². The molecule has 0 unspecified atom stereocenters. The van der Waals surface area contributed by atoms with Crippen molar-refractivity contribution in [2.45, 2.75) is 6.54 Å². The zero-order valence-electron chi connectivity index (χ0n) is 12.6. The second-order valence-corrected chi connectivity index (χ2v) is 5.51. The number of nitrogens with zero attached hydrogens (tertiary/aromatic N) is 2. The van der Waals surface area contributed by atoms with Gasteiger partial charge in [-0.1, -0.05) is 6.07 Å². The Morgan fingerprint density at radius 1 is 1.17 bits per heavy atom. The van der Waals surface area contributed by atoms with Gasteiger partial charge in [0.2, 0.25) is 6.20 Å². The van der Waals surface area contributed by atoms with E-state index in [-0.39, 0.29) is 5.91 Å². The topological polar surface area (TPSA) is 53.7 Å². The van der Waals surface area contributed by atoms with Crippen molar-refractivity contribution >= 4 is 22.5 Å². The second-order valence-electron chi connectivity index (χ2n) is 5.51. The van der Waals surface area contributed by atoms with Gasteiger partial charge in [-0.15, -0.1) is 0 Å². The number of rotatable bonds is 2. The zero-order valence-corrected chi connectivity index (χ0v) is 12.6. The van der Waals surface area contributed by atoms with E-state index < -0.39 is 0 Å². The zero-order chi connectivity index (χ0) is 16.0. The predicted octanol–water partition coefficient (Wildman–Crippen LogP) is 2.53. The predicted molar refractivity (Wildman–Crippen MR) is 84.8 cm³/mol. The Morgan fingerprint density at radius 3 is 2.87 bits per heavy atom. The molecule has 114 valence electrons. The molecule has 23 heavy (non-hydrogen) atoms. The van der Waals surface area contributed by atoms with Gasteiger partial charge in [-0.25, -0.2) is 0 Å². The summed E-state index contributed by atoms with van der Waals surface area (Å²) in [6.45, 7) is 0.516. The van der Waals surface area contributed by atoms with Gasteiger partial charge < -0.3 is 9.64 Å². The van der Waals surface area contributed by atoms with Crippen molar-refractivity contribution in [1.82, 2.24) is 0 Å². The number of pyridine rings is 1. The van der Waals surface area contributed by atoms with Gasteiger partial charge in [-0.2, -0.15) is 0 Å². The fraction of sp³-hybridized carbons (Fsp3) is 0.111. The lowest BCUT2D eigenvalue weighted by atomic mass is 10.1. The van der Waals surface area contributed by atoms with E-state index in [0.29, 0.717) is 23.4 Å². The van der Waals surface area contributed by atoms with Crippen LogP contribution < -0.4 is 14.4 Å². The summed E-state index contributed by atoms with van der Waals surface area (Å²) < 4.78 is 6.26. The molecule has 1 aliphatic rings. The van der Waals surface area contributed by atoms with Gasteiger partial charge in [-0.05, 0) is 35.9 Å². The van der Waals surface area contributed by atoms with E-state index in [1.54, 1.807) is 30.3 Å². The Hall–Kier alpha value is -3.08. The first-order valence-electron chi connectivity index (χ1n) is 7.30. The van der Waals surface area contributed by atoms with Crippen LogP contribution in [0.15, 0.2) is 54.7 Å². The smallest absolute Gasteiger partial charge is 0.266 e. The van der Waals surface area contributed by atoms with E-state index in [1.165, 1.54) is 0 Å². The number of ether oxygens (including phenoxy) is 1. The molecular weight excluding hydrogens is 292 g/mol. The molecular formula is C18H15N2O3+. The first kappa shape index (κ1) is 13.6. The Morgan fingerprint density at radius 2 is 2.04 bits per heavy atom. The summed E-state index contributed by atoms with van der Waals surface area (Å²) in [6, 6.07) is 14.8. The molecule has 5 heteroatoms. The van der Waals surface area contributed by atoms with Gasteiger partial charge in [0.25, 0.3) is 11.4 Å². The highest BCUT2D eigenvalue weighted by atomic mass is 16.5. The molecule has 1 N–H and O–H groups in total. The second kappa shape index (κ2) is 4.98. The molecule has 2 heterocycles. The Balaban J connectivity index is 1.77. The maximum Gasteiger partial charge on any atom is 0.266 e. The number of benzene rings is 2. The maximum atomic E-state index is 12.7. The van der Waals surface area contributed by atoms with Crippen molar-refractivity contribution in [3.8, 4) is 5.75 Å². The summed E-state index contributed by atoms with van der Waals surface area (Å²) in [5.41, 5.74) is 3.05. The molecule has 0 atom stereocenters. The van der Waals surface area contributed by atoms with Gasteiger partial charge in [0.1, 0.15) is 5.75 Å². The van der Waals surface area contributed by atoms with Crippen LogP contribution in [0.2, 0.25) is 0 Å². The van der Waals surface area contributed by atoms with Crippen molar-refractivity contribution in [2.75, 3.05) is 12.0 Å². The minimum atomic E-state index is -0.0568. The van der Waals surface area contributed by atoms with E-state index in [4.69, 9.17) is 4.74 Å². The third kappa shape index (κ3) is 2.09. The minimum absolute atomic E-state index is 0.0568. The van der Waals surface area contributed by atoms with Crippen LogP contribution in [0.5, 0.6) is 5.75 Å². The number of aromatic nitrogens is 1. The summed E-state index contributed by atoms with van der Waals surface area (Å²) in [7, 11) is 1.59. The number of fused-ring (bicyclic) bond motifs is 2. The van der Waals surface area contributed by atoms with Gasteiger partial charge in [0, 0.05) is 22.4 Å². The average molecular weight is 307 g/mol. The van der Waals surface area contributed by atoms with Crippen molar-refractivity contribution < 1.29 is 19.5 Å². The molecule has 1 amide bonds. The highest BCUT2D eigenvalue weighted by Crippen LogP contribution is 2.31. The van der Waals surface area contributed by atoms with Gasteiger partial charge in [0.05, 0.1) is 24.7 Å². The number of hydrogen-bond acceptors (Lipinski definition) is 3. The van der Waals surface area contributed by atoms with E-state index >= 15 is 0 Å². The van der Waals surface area contributed by atoms with E-state index in [9.17, 15) is 10.0 Å². The molecule has 1 aromatic heterocycles. The normalized spacial score (nSPS) is 13.4. The molecule has 0 radical (unpaired) electrons. The molecule has 0 fully saturated rings. The standard InChI is InChI=1S/C18H15N2O3/c1-23-15-7-5-13-11-19(18(21)16(13)10-15)14-6-4-12-3-2-8-20(22)17(12)9-14/h2-10,22H,11H2,1H3/q+1. The lowest BCUT2D eigenvalue weighted by Gasteiger charge is -2.15. The highest BCUT2D eigenvalue weighted by molar-refractivity contribution is 6.10. The first-order chi connectivity index (χ1) is 11.2. The SMILES string of the molecule is COc1ccc2c(c1)C(=O)N(c1ccc3ccc[n+](O)c3c1)C2. The highest BCUT2D eigenvalue weighted by Gasteiger charge is 2.29. The molecule has 3 aromatic rings. The van der Waals surface area contributed by atoms with Crippen LogP contribution in [0.3, 0.4) is 0 Å². The van der Waals surface area contributed by atoms with Crippen molar-refractivity contribution in [1.29, 1.82) is 0 Å². The Labute approximate surface area is 132 Å². The number of carbonyl (C=O) groups is 1. The van der Waals surface area contributed by atoms with Crippen LogP contribution in [0, 0.1) is 0 Å². The fourth-order valence-electron chi connectivity index (χ4n) is 2.96. The number of carbonyl (C=O) groups excluding carboxylic acids is 1.